The first-order valence-corrected chi connectivity index (χ1v) is 10.7. The second-order valence-electron chi connectivity index (χ2n) is 8.24. The second-order valence-corrected chi connectivity index (χ2v) is 8.24. The zero-order valence-corrected chi connectivity index (χ0v) is 17.5. The van der Waals surface area contributed by atoms with Gasteiger partial charge in [0.05, 0.1) is 12.2 Å². The van der Waals surface area contributed by atoms with Crippen molar-refractivity contribution in [2.75, 3.05) is 44.7 Å². The number of hydrazine groups is 1. The smallest absolute Gasteiger partial charge is 0.285 e. The van der Waals surface area contributed by atoms with Crippen molar-refractivity contribution < 1.29 is 9.18 Å². The molecule has 9 heteroatoms. The molecule has 0 spiro atoms. The van der Waals surface area contributed by atoms with Crippen LogP contribution in [0.2, 0.25) is 0 Å². The number of amides is 1. The minimum atomic E-state index is -0.231. The molecule has 0 radical (unpaired) electrons. The third-order valence-electron chi connectivity index (χ3n) is 6.12. The highest BCUT2D eigenvalue weighted by molar-refractivity contribution is 5.92. The quantitative estimate of drug-likeness (QED) is 0.693. The Kier molecular flexibility index (Phi) is 5.29. The van der Waals surface area contributed by atoms with E-state index < -0.39 is 0 Å². The molecule has 31 heavy (non-hydrogen) atoms. The Labute approximate surface area is 180 Å². The SMILES string of the molecule is CN1CCN(NC(=O)c2cnc3ccc(N4CCC[C@@H]4c4cccc(F)c4)nn23)CC1. The van der Waals surface area contributed by atoms with Gasteiger partial charge < -0.3 is 9.80 Å². The summed E-state index contributed by atoms with van der Waals surface area (Å²) in [5.41, 5.74) is 4.94. The molecule has 0 aliphatic carbocycles. The van der Waals surface area contributed by atoms with E-state index in [0.717, 1.165) is 56.9 Å². The molecule has 8 nitrogen and oxygen atoms in total. The Bertz CT molecular complexity index is 1090. The maximum absolute atomic E-state index is 13.8. The van der Waals surface area contributed by atoms with Gasteiger partial charge >= 0.3 is 0 Å². The highest BCUT2D eigenvalue weighted by atomic mass is 19.1. The molecule has 2 aliphatic heterocycles. The average molecular weight is 423 g/mol. The van der Waals surface area contributed by atoms with Gasteiger partial charge in [-0.2, -0.15) is 0 Å². The van der Waals surface area contributed by atoms with Crippen LogP contribution in [0.4, 0.5) is 10.2 Å². The van der Waals surface area contributed by atoms with E-state index in [2.05, 4.69) is 27.3 Å². The van der Waals surface area contributed by atoms with Crippen molar-refractivity contribution in [3.8, 4) is 0 Å². The fraction of sp³-hybridized carbons (Fsp3) is 0.409. The van der Waals surface area contributed by atoms with Gasteiger partial charge in [-0.25, -0.2) is 18.9 Å². The number of nitrogens with zero attached hydrogens (tertiary/aromatic N) is 6. The van der Waals surface area contributed by atoms with Crippen LogP contribution in [0.5, 0.6) is 0 Å². The summed E-state index contributed by atoms with van der Waals surface area (Å²) in [6.45, 7) is 4.21. The summed E-state index contributed by atoms with van der Waals surface area (Å²) in [5, 5.41) is 6.68. The molecule has 3 aromatic rings. The summed E-state index contributed by atoms with van der Waals surface area (Å²) in [6, 6.07) is 10.6. The van der Waals surface area contributed by atoms with Crippen LogP contribution >= 0.6 is 0 Å². The number of carbonyl (C=O) groups excluding carboxylic acids is 1. The lowest BCUT2D eigenvalue weighted by Gasteiger charge is -2.32. The molecule has 1 amide bonds. The molecule has 2 fully saturated rings. The van der Waals surface area contributed by atoms with Crippen LogP contribution in [0, 0.1) is 5.82 Å². The number of rotatable bonds is 4. The van der Waals surface area contributed by atoms with Gasteiger partial charge in [-0.05, 0) is 49.7 Å². The molecule has 1 atom stereocenters. The van der Waals surface area contributed by atoms with Crippen LogP contribution in [0.1, 0.15) is 34.9 Å². The molecule has 0 bridgehead atoms. The van der Waals surface area contributed by atoms with Gasteiger partial charge in [-0.15, -0.1) is 5.10 Å². The Balaban J connectivity index is 1.40. The molecule has 0 saturated carbocycles. The van der Waals surface area contributed by atoms with Crippen molar-refractivity contribution in [3.63, 3.8) is 0 Å². The van der Waals surface area contributed by atoms with Crippen molar-refractivity contribution in [3.05, 3.63) is 59.7 Å². The zero-order chi connectivity index (χ0) is 21.4. The standard InChI is InChI=1S/C22H26FN7O/c1-27-10-12-28(13-11-27)26-22(31)19-15-24-20-7-8-21(25-30(19)20)29-9-3-6-18(29)16-4-2-5-17(23)14-16/h2,4-5,7-8,14-15,18H,3,6,9-13H2,1H3,(H,26,31)/t18-/m1/s1. The summed E-state index contributed by atoms with van der Waals surface area (Å²) in [7, 11) is 2.07. The van der Waals surface area contributed by atoms with Crippen molar-refractivity contribution in [2.45, 2.75) is 18.9 Å². The van der Waals surface area contributed by atoms with Crippen LogP contribution in [-0.2, 0) is 0 Å². The van der Waals surface area contributed by atoms with Crippen molar-refractivity contribution >= 4 is 17.4 Å². The fourth-order valence-corrected chi connectivity index (χ4v) is 4.39. The lowest BCUT2D eigenvalue weighted by Crippen LogP contribution is -2.52. The zero-order valence-electron chi connectivity index (χ0n) is 17.5. The first-order valence-electron chi connectivity index (χ1n) is 10.7. The van der Waals surface area contributed by atoms with E-state index >= 15 is 0 Å². The van der Waals surface area contributed by atoms with E-state index in [1.54, 1.807) is 22.8 Å². The number of hydrogen-bond acceptors (Lipinski definition) is 6. The van der Waals surface area contributed by atoms with Gasteiger partial charge in [0.15, 0.2) is 11.3 Å². The van der Waals surface area contributed by atoms with Crippen molar-refractivity contribution in [2.24, 2.45) is 0 Å². The summed E-state index contributed by atoms with van der Waals surface area (Å²) in [4.78, 5) is 21.7. The molecule has 5 rings (SSSR count). The summed E-state index contributed by atoms with van der Waals surface area (Å²) in [5.74, 6) is 0.306. The number of likely N-dealkylation sites (N-methyl/N-ethyl adjacent to an activating group) is 1. The number of aromatic nitrogens is 3. The van der Waals surface area contributed by atoms with Gasteiger partial charge in [0.1, 0.15) is 11.6 Å². The number of benzene rings is 1. The van der Waals surface area contributed by atoms with Crippen LogP contribution < -0.4 is 10.3 Å². The number of fused-ring (bicyclic) bond motifs is 1. The lowest BCUT2D eigenvalue weighted by atomic mass is 10.0. The van der Waals surface area contributed by atoms with Crippen LogP contribution in [0.25, 0.3) is 5.65 Å². The predicted molar refractivity (Wildman–Crippen MR) is 115 cm³/mol. The van der Waals surface area contributed by atoms with E-state index in [9.17, 15) is 9.18 Å². The molecule has 2 aliphatic rings. The lowest BCUT2D eigenvalue weighted by molar-refractivity contribution is 0.0656. The third kappa shape index (κ3) is 3.98. The molecule has 1 N–H and O–H groups in total. The maximum atomic E-state index is 13.8. The van der Waals surface area contributed by atoms with E-state index in [4.69, 9.17) is 5.10 Å². The molecule has 2 aromatic heterocycles. The molecule has 0 unspecified atom stereocenters. The number of nitrogens with one attached hydrogen (secondary N) is 1. The van der Waals surface area contributed by atoms with Crippen LogP contribution in [0.3, 0.4) is 0 Å². The van der Waals surface area contributed by atoms with E-state index in [1.807, 2.05) is 23.2 Å². The molecule has 2 saturated heterocycles. The van der Waals surface area contributed by atoms with Gasteiger partial charge in [0.25, 0.3) is 5.91 Å². The third-order valence-corrected chi connectivity index (χ3v) is 6.12. The van der Waals surface area contributed by atoms with E-state index in [1.165, 1.54) is 6.07 Å². The summed E-state index contributed by atoms with van der Waals surface area (Å²) in [6.07, 6.45) is 3.50. The molecule has 162 valence electrons. The van der Waals surface area contributed by atoms with Gasteiger partial charge in [0, 0.05) is 32.7 Å². The first kappa shape index (κ1) is 19.9. The van der Waals surface area contributed by atoms with Gasteiger partial charge in [-0.1, -0.05) is 12.1 Å². The number of hydrogen-bond donors (Lipinski definition) is 1. The van der Waals surface area contributed by atoms with Crippen molar-refractivity contribution in [1.29, 1.82) is 0 Å². The van der Waals surface area contributed by atoms with E-state index in [-0.39, 0.29) is 17.8 Å². The van der Waals surface area contributed by atoms with Gasteiger partial charge in [-0.3, -0.25) is 10.2 Å². The fourth-order valence-electron chi connectivity index (χ4n) is 4.39. The number of halogens is 1. The summed E-state index contributed by atoms with van der Waals surface area (Å²) < 4.78 is 15.4. The largest absolute Gasteiger partial charge is 0.348 e. The average Bonchev–Trinajstić information content (AvgIpc) is 3.42. The highest BCUT2D eigenvalue weighted by Crippen LogP contribution is 2.35. The van der Waals surface area contributed by atoms with Gasteiger partial charge in [0.2, 0.25) is 0 Å². The predicted octanol–water partition coefficient (Wildman–Crippen LogP) is 2.10. The normalized spacial score (nSPS) is 20.5. The molecule has 1 aromatic carbocycles. The topological polar surface area (TPSA) is 69.0 Å². The number of carbonyl (C=O) groups is 1. The Morgan fingerprint density at radius 1 is 1.13 bits per heavy atom. The Morgan fingerprint density at radius 3 is 2.77 bits per heavy atom. The van der Waals surface area contributed by atoms with Crippen LogP contribution in [-0.4, -0.2) is 70.2 Å². The highest BCUT2D eigenvalue weighted by Gasteiger charge is 2.28. The maximum Gasteiger partial charge on any atom is 0.285 e. The molecular formula is C22H26FN7O. The Hall–Kier alpha value is -3.04. The van der Waals surface area contributed by atoms with E-state index in [0.29, 0.717) is 11.3 Å². The number of imidazole rings is 1. The molecular weight excluding hydrogens is 397 g/mol. The monoisotopic (exact) mass is 423 g/mol. The number of piperazine rings is 1. The minimum absolute atomic E-state index is 0.0618. The second kappa shape index (κ2) is 8.24. The first-order chi connectivity index (χ1) is 15.1. The molecule has 4 heterocycles. The summed E-state index contributed by atoms with van der Waals surface area (Å²) >= 11 is 0. The Morgan fingerprint density at radius 2 is 1.97 bits per heavy atom. The minimum Gasteiger partial charge on any atom is -0.348 e. The van der Waals surface area contributed by atoms with Crippen LogP contribution in [0.15, 0.2) is 42.6 Å². The van der Waals surface area contributed by atoms with Crippen molar-refractivity contribution in [1.82, 2.24) is 29.9 Å². The number of anilines is 1.